The number of hydrogen-bond donors (Lipinski definition) is 0. The molecular weight excluding hydrogens is 535 g/mol. The minimum Gasteiger partial charge on any atom is -0.374 e. The van der Waals surface area contributed by atoms with Crippen LogP contribution in [-0.4, -0.2) is 41.6 Å². The smallest absolute Gasteiger partial charge is 0.213 e. The van der Waals surface area contributed by atoms with Gasteiger partial charge in [-0.3, -0.25) is 0 Å². The summed E-state index contributed by atoms with van der Waals surface area (Å²) >= 11 is 17.8. The molecule has 0 N–H and O–H groups in total. The van der Waals surface area contributed by atoms with E-state index in [0.717, 1.165) is 16.7 Å². The Morgan fingerprint density at radius 2 is 1.19 bits per heavy atom. The Kier molecular flexibility index (Phi) is 11.1. The lowest BCUT2D eigenvalue weighted by atomic mass is 10.0. The number of alkyl halides is 3. The Balaban J connectivity index is 1.48. The zero-order chi connectivity index (χ0) is 25.9. The molecule has 0 saturated carbocycles. The maximum Gasteiger partial charge on any atom is 0.213 e. The Morgan fingerprint density at radius 3 is 1.73 bits per heavy atom. The van der Waals surface area contributed by atoms with E-state index in [9.17, 15) is 0 Å². The molecule has 37 heavy (non-hydrogen) atoms. The Bertz CT molecular complexity index is 1030. The quantitative estimate of drug-likeness (QED) is 0.224. The monoisotopic (exact) mass is 564 g/mol. The van der Waals surface area contributed by atoms with Gasteiger partial charge in [-0.25, -0.2) is 0 Å². The van der Waals surface area contributed by atoms with Gasteiger partial charge in [0.2, 0.25) is 3.79 Å². The van der Waals surface area contributed by atoms with Crippen LogP contribution >= 0.6 is 34.8 Å². The molecule has 0 amide bonds. The van der Waals surface area contributed by atoms with Crippen molar-refractivity contribution in [3.63, 3.8) is 0 Å². The van der Waals surface area contributed by atoms with Crippen molar-refractivity contribution in [3.8, 4) is 0 Å². The Morgan fingerprint density at radius 1 is 0.676 bits per heavy atom. The lowest BCUT2D eigenvalue weighted by Gasteiger charge is -2.41. The van der Waals surface area contributed by atoms with Gasteiger partial charge in [0.15, 0.2) is 6.29 Å². The van der Waals surface area contributed by atoms with Gasteiger partial charge in [0.05, 0.1) is 39.1 Å². The normalized spacial score (nSPS) is 22.1. The van der Waals surface area contributed by atoms with Crippen molar-refractivity contribution in [1.29, 1.82) is 0 Å². The van der Waals surface area contributed by atoms with Crippen LogP contribution in [-0.2, 0) is 43.5 Å². The van der Waals surface area contributed by atoms with Crippen molar-refractivity contribution >= 4 is 34.8 Å². The number of halogens is 3. The molecule has 0 radical (unpaired) electrons. The summed E-state index contributed by atoms with van der Waals surface area (Å²) in [5.41, 5.74) is 3.19. The van der Waals surface area contributed by atoms with Crippen LogP contribution in [0.15, 0.2) is 91.0 Å². The van der Waals surface area contributed by atoms with E-state index in [1.807, 2.05) is 91.0 Å². The fraction of sp³-hybridized carbons (Fsp3) is 0.379. The van der Waals surface area contributed by atoms with Gasteiger partial charge in [-0.05, 0) is 16.7 Å². The standard InChI is InChI=1S/C29H31Cl3O5/c30-29(31,32)21-36-27-16-25(34-18-23-12-6-2-7-13-23)28(35-19-24-14-8-3-9-15-24)26(37-27)20-33-17-22-10-4-1-5-11-22/h1-15,25-28H,16-21H2/t25-,26?,27+,28-/m1/s1. The molecule has 1 aliphatic rings. The van der Waals surface area contributed by atoms with Gasteiger partial charge < -0.3 is 23.7 Å². The van der Waals surface area contributed by atoms with Crippen molar-refractivity contribution in [2.45, 2.75) is 54.6 Å². The second-order valence-electron chi connectivity index (χ2n) is 8.86. The van der Waals surface area contributed by atoms with Crippen LogP contribution in [0.3, 0.4) is 0 Å². The maximum absolute atomic E-state index is 6.42. The molecule has 4 rings (SSSR count). The topological polar surface area (TPSA) is 46.2 Å². The van der Waals surface area contributed by atoms with E-state index in [2.05, 4.69) is 0 Å². The van der Waals surface area contributed by atoms with Gasteiger partial charge in [0.1, 0.15) is 12.2 Å². The first-order valence-electron chi connectivity index (χ1n) is 12.2. The summed E-state index contributed by atoms with van der Waals surface area (Å²) in [5.74, 6) is 0. The molecule has 3 aromatic rings. The fourth-order valence-electron chi connectivity index (χ4n) is 4.11. The molecule has 1 fully saturated rings. The highest BCUT2D eigenvalue weighted by molar-refractivity contribution is 6.67. The molecule has 8 heteroatoms. The lowest BCUT2D eigenvalue weighted by Crippen LogP contribution is -2.53. The highest BCUT2D eigenvalue weighted by Crippen LogP contribution is 2.31. The largest absolute Gasteiger partial charge is 0.374 e. The molecule has 3 aromatic carbocycles. The van der Waals surface area contributed by atoms with Crippen LogP contribution in [0.2, 0.25) is 0 Å². The average molecular weight is 566 g/mol. The van der Waals surface area contributed by atoms with Crippen molar-refractivity contribution in [1.82, 2.24) is 0 Å². The van der Waals surface area contributed by atoms with Gasteiger partial charge in [0.25, 0.3) is 0 Å². The number of hydrogen-bond acceptors (Lipinski definition) is 5. The fourth-order valence-corrected chi connectivity index (χ4v) is 4.30. The summed E-state index contributed by atoms with van der Waals surface area (Å²) in [6, 6.07) is 30.0. The van der Waals surface area contributed by atoms with Crippen molar-refractivity contribution in [2.75, 3.05) is 13.2 Å². The number of rotatable bonds is 12. The average Bonchev–Trinajstić information content (AvgIpc) is 2.91. The highest BCUT2D eigenvalue weighted by atomic mass is 35.6. The van der Waals surface area contributed by atoms with Crippen LogP contribution in [0.4, 0.5) is 0 Å². The van der Waals surface area contributed by atoms with Crippen LogP contribution in [0.25, 0.3) is 0 Å². The predicted octanol–water partition coefficient (Wildman–Crippen LogP) is 6.88. The van der Waals surface area contributed by atoms with Crippen LogP contribution in [0, 0.1) is 0 Å². The third kappa shape index (κ3) is 9.86. The molecule has 5 nitrogen and oxygen atoms in total. The van der Waals surface area contributed by atoms with Gasteiger partial charge in [-0.2, -0.15) is 0 Å². The Hall–Kier alpha value is -1.67. The molecule has 1 aliphatic heterocycles. The predicted molar refractivity (Wildman–Crippen MR) is 146 cm³/mol. The molecule has 198 valence electrons. The van der Waals surface area contributed by atoms with Crippen LogP contribution in [0.1, 0.15) is 23.1 Å². The summed E-state index contributed by atoms with van der Waals surface area (Å²) in [6.45, 7) is 1.45. The summed E-state index contributed by atoms with van der Waals surface area (Å²) < 4.78 is 29.4. The van der Waals surface area contributed by atoms with Crippen LogP contribution < -0.4 is 0 Å². The maximum atomic E-state index is 6.42. The van der Waals surface area contributed by atoms with E-state index in [0.29, 0.717) is 26.2 Å². The van der Waals surface area contributed by atoms with Crippen molar-refractivity contribution in [2.24, 2.45) is 0 Å². The Labute approximate surface area is 233 Å². The first-order chi connectivity index (χ1) is 18.0. The van der Waals surface area contributed by atoms with Crippen LogP contribution in [0.5, 0.6) is 0 Å². The molecule has 0 bridgehead atoms. The summed E-state index contributed by atoms with van der Waals surface area (Å²) in [5, 5.41) is 0. The van der Waals surface area contributed by atoms with Gasteiger partial charge >= 0.3 is 0 Å². The first-order valence-corrected chi connectivity index (χ1v) is 13.4. The minimum absolute atomic E-state index is 0.110. The van der Waals surface area contributed by atoms with E-state index in [-0.39, 0.29) is 19.3 Å². The third-order valence-electron chi connectivity index (χ3n) is 5.90. The van der Waals surface area contributed by atoms with E-state index < -0.39 is 22.3 Å². The molecule has 0 aromatic heterocycles. The van der Waals surface area contributed by atoms with E-state index >= 15 is 0 Å². The summed E-state index contributed by atoms with van der Waals surface area (Å²) in [7, 11) is 0. The van der Waals surface area contributed by atoms with Crippen molar-refractivity contribution < 1.29 is 23.7 Å². The lowest BCUT2D eigenvalue weighted by molar-refractivity contribution is -0.278. The van der Waals surface area contributed by atoms with Gasteiger partial charge in [0, 0.05) is 6.42 Å². The molecule has 4 atom stereocenters. The molecule has 0 spiro atoms. The van der Waals surface area contributed by atoms with Gasteiger partial charge in [-0.15, -0.1) is 0 Å². The third-order valence-corrected chi connectivity index (χ3v) is 6.23. The highest BCUT2D eigenvalue weighted by Gasteiger charge is 2.42. The second-order valence-corrected chi connectivity index (χ2v) is 11.4. The zero-order valence-corrected chi connectivity index (χ0v) is 22.7. The molecule has 1 unspecified atom stereocenters. The molecule has 0 aliphatic carbocycles. The second kappa shape index (κ2) is 14.5. The van der Waals surface area contributed by atoms with E-state index in [1.165, 1.54) is 0 Å². The molecule has 1 saturated heterocycles. The molecular formula is C29H31Cl3O5. The molecule has 1 heterocycles. The van der Waals surface area contributed by atoms with E-state index in [4.69, 9.17) is 58.5 Å². The van der Waals surface area contributed by atoms with Gasteiger partial charge in [-0.1, -0.05) is 126 Å². The zero-order valence-electron chi connectivity index (χ0n) is 20.4. The summed E-state index contributed by atoms with van der Waals surface area (Å²) in [4.78, 5) is 0. The first kappa shape index (κ1) is 28.3. The van der Waals surface area contributed by atoms with E-state index in [1.54, 1.807) is 0 Å². The minimum atomic E-state index is -1.55. The van der Waals surface area contributed by atoms with Crippen molar-refractivity contribution in [3.05, 3.63) is 108 Å². The number of ether oxygens (including phenoxy) is 5. The SMILES string of the molecule is ClC(Cl)(Cl)CO[C@@H]1C[C@@H](OCc2ccccc2)[C@@H](OCc2ccccc2)C(COCc2ccccc2)O1. The summed E-state index contributed by atoms with van der Waals surface area (Å²) in [6.07, 6.45) is -1.40. The number of benzene rings is 3.